The lowest BCUT2D eigenvalue weighted by Gasteiger charge is -2.25. The van der Waals surface area contributed by atoms with Crippen molar-refractivity contribution < 1.29 is 13.9 Å². The van der Waals surface area contributed by atoms with E-state index < -0.39 is 0 Å². The van der Waals surface area contributed by atoms with Gasteiger partial charge in [-0.05, 0) is 43.7 Å². The second-order valence-corrected chi connectivity index (χ2v) is 6.82. The maximum Gasteiger partial charge on any atom is 0.247 e. The molecule has 1 atom stereocenters. The Morgan fingerprint density at radius 1 is 1.11 bits per heavy atom. The van der Waals surface area contributed by atoms with Gasteiger partial charge in [-0.1, -0.05) is 29.8 Å². The molecule has 6 nitrogen and oxygen atoms in total. The van der Waals surface area contributed by atoms with Crippen molar-refractivity contribution in [1.29, 1.82) is 0 Å². The zero-order chi connectivity index (χ0) is 20.1. The van der Waals surface area contributed by atoms with Gasteiger partial charge in [0, 0.05) is 25.5 Å². The topological polar surface area (TPSA) is 68.5 Å². The molecule has 0 N–H and O–H groups in total. The van der Waals surface area contributed by atoms with Gasteiger partial charge in [-0.15, -0.1) is 10.2 Å². The van der Waals surface area contributed by atoms with Crippen molar-refractivity contribution >= 4 is 5.91 Å². The number of ether oxygens (including phenoxy) is 1. The molecule has 0 saturated carbocycles. The minimum Gasteiger partial charge on any atom is -0.497 e. The monoisotopic (exact) mass is 379 g/mol. The molecule has 1 aromatic heterocycles. The quantitative estimate of drug-likeness (QED) is 0.615. The third kappa shape index (κ3) is 4.57. The van der Waals surface area contributed by atoms with Gasteiger partial charge in [-0.25, -0.2) is 0 Å². The summed E-state index contributed by atoms with van der Waals surface area (Å²) < 4.78 is 10.9. The van der Waals surface area contributed by atoms with E-state index in [0.717, 1.165) is 16.9 Å². The van der Waals surface area contributed by atoms with Crippen molar-refractivity contribution in [3.8, 4) is 17.2 Å². The van der Waals surface area contributed by atoms with Crippen LogP contribution in [0.2, 0.25) is 0 Å². The number of aryl methyl sites for hydroxylation is 2. The highest BCUT2D eigenvalue weighted by Gasteiger charge is 2.18. The minimum atomic E-state index is -0.0378. The molecule has 0 radical (unpaired) electrons. The van der Waals surface area contributed by atoms with E-state index in [9.17, 15) is 4.79 Å². The normalized spacial score (nSPS) is 11.9. The fraction of sp³-hybridized carbons (Fsp3) is 0.318. The first kappa shape index (κ1) is 19.6. The number of nitrogens with zero attached hydrogens (tertiary/aromatic N) is 3. The van der Waals surface area contributed by atoms with Gasteiger partial charge in [0.25, 0.3) is 0 Å². The fourth-order valence-corrected chi connectivity index (χ4v) is 2.88. The average Bonchev–Trinajstić information content (AvgIpc) is 3.20. The van der Waals surface area contributed by atoms with E-state index in [1.54, 1.807) is 12.0 Å². The number of carbonyl (C=O) groups excluding carboxylic acids is 1. The Hall–Kier alpha value is -3.15. The highest BCUT2D eigenvalue weighted by molar-refractivity contribution is 5.76. The van der Waals surface area contributed by atoms with Gasteiger partial charge in [-0.3, -0.25) is 4.79 Å². The second-order valence-electron chi connectivity index (χ2n) is 6.82. The number of carbonyl (C=O) groups is 1. The molecule has 2 aromatic carbocycles. The first-order valence-corrected chi connectivity index (χ1v) is 9.27. The number of benzene rings is 2. The number of amides is 1. The maximum atomic E-state index is 12.6. The first-order chi connectivity index (χ1) is 13.5. The summed E-state index contributed by atoms with van der Waals surface area (Å²) in [6, 6.07) is 15.6. The summed E-state index contributed by atoms with van der Waals surface area (Å²) in [6.07, 6.45) is 0.726. The Morgan fingerprint density at radius 3 is 2.43 bits per heavy atom. The van der Waals surface area contributed by atoms with E-state index in [1.165, 1.54) is 5.56 Å². The molecule has 0 bridgehead atoms. The summed E-state index contributed by atoms with van der Waals surface area (Å²) in [4.78, 5) is 14.3. The van der Waals surface area contributed by atoms with Gasteiger partial charge in [0.1, 0.15) is 5.75 Å². The predicted molar refractivity (Wildman–Crippen MR) is 107 cm³/mol. The average molecular weight is 379 g/mol. The molecule has 3 rings (SSSR count). The number of hydrogen-bond donors (Lipinski definition) is 0. The molecule has 1 unspecified atom stereocenters. The van der Waals surface area contributed by atoms with Crippen molar-refractivity contribution in [1.82, 2.24) is 15.1 Å². The summed E-state index contributed by atoms with van der Waals surface area (Å²) in [5.41, 5.74) is 3.10. The maximum absolute atomic E-state index is 12.6. The van der Waals surface area contributed by atoms with Crippen LogP contribution in [0.5, 0.6) is 5.75 Å². The predicted octanol–water partition coefficient (Wildman–Crippen LogP) is 4.21. The van der Waals surface area contributed by atoms with Crippen LogP contribution >= 0.6 is 0 Å². The molecule has 0 aliphatic heterocycles. The molecule has 0 fully saturated rings. The van der Waals surface area contributed by atoms with E-state index >= 15 is 0 Å². The van der Waals surface area contributed by atoms with Gasteiger partial charge >= 0.3 is 0 Å². The lowest BCUT2D eigenvalue weighted by atomic mass is 10.1. The van der Waals surface area contributed by atoms with Crippen LogP contribution in [0.1, 0.15) is 36.4 Å². The number of hydrogen-bond acceptors (Lipinski definition) is 5. The lowest BCUT2D eigenvalue weighted by Crippen LogP contribution is -2.29. The van der Waals surface area contributed by atoms with Crippen LogP contribution < -0.4 is 4.74 Å². The van der Waals surface area contributed by atoms with Crippen LogP contribution in [0.3, 0.4) is 0 Å². The van der Waals surface area contributed by atoms with Crippen molar-refractivity contribution in [3.05, 3.63) is 65.5 Å². The Morgan fingerprint density at radius 2 is 1.79 bits per heavy atom. The largest absolute Gasteiger partial charge is 0.497 e. The molecule has 3 aromatic rings. The minimum absolute atomic E-state index is 0.0263. The molecule has 0 saturated heterocycles. The van der Waals surface area contributed by atoms with Crippen molar-refractivity contribution in [2.45, 2.75) is 32.7 Å². The van der Waals surface area contributed by atoms with Crippen LogP contribution in [0, 0.1) is 6.92 Å². The summed E-state index contributed by atoms with van der Waals surface area (Å²) in [7, 11) is 3.44. The number of rotatable bonds is 7. The zero-order valence-corrected chi connectivity index (χ0v) is 16.7. The summed E-state index contributed by atoms with van der Waals surface area (Å²) in [5.74, 6) is 1.76. The van der Waals surface area contributed by atoms with Crippen molar-refractivity contribution in [2.75, 3.05) is 14.2 Å². The highest BCUT2D eigenvalue weighted by Crippen LogP contribution is 2.23. The fourth-order valence-electron chi connectivity index (χ4n) is 2.88. The standard InChI is InChI=1S/C22H25N3O3/c1-15-5-7-18(8-6-15)22-24-23-20(28-22)13-14-21(26)25(3)16(2)17-9-11-19(27-4)12-10-17/h5-12,16H,13-14H2,1-4H3. The van der Waals surface area contributed by atoms with E-state index in [1.807, 2.05) is 69.4 Å². The third-order valence-electron chi connectivity index (χ3n) is 4.89. The third-order valence-corrected chi connectivity index (χ3v) is 4.89. The van der Waals surface area contributed by atoms with Crippen LogP contribution in [-0.4, -0.2) is 35.2 Å². The SMILES string of the molecule is COc1ccc(C(C)N(C)C(=O)CCc2nnc(-c3ccc(C)cc3)o2)cc1. The van der Waals surface area contributed by atoms with E-state index in [4.69, 9.17) is 9.15 Å². The van der Waals surface area contributed by atoms with Gasteiger partial charge in [0.05, 0.1) is 13.2 Å². The molecule has 28 heavy (non-hydrogen) atoms. The molecular formula is C22H25N3O3. The smallest absolute Gasteiger partial charge is 0.247 e. The van der Waals surface area contributed by atoms with Crippen LogP contribution in [0.25, 0.3) is 11.5 Å². The Bertz CT molecular complexity index is 917. The molecule has 0 spiro atoms. The molecule has 6 heteroatoms. The van der Waals surface area contributed by atoms with Crippen molar-refractivity contribution in [3.63, 3.8) is 0 Å². The number of aromatic nitrogens is 2. The molecular weight excluding hydrogens is 354 g/mol. The lowest BCUT2D eigenvalue weighted by molar-refractivity contribution is -0.131. The van der Waals surface area contributed by atoms with Gasteiger partial charge in [0.15, 0.2) is 0 Å². The van der Waals surface area contributed by atoms with Crippen LogP contribution in [0.4, 0.5) is 0 Å². The van der Waals surface area contributed by atoms with Gasteiger partial charge in [0.2, 0.25) is 17.7 Å². The van der Waals surface area contributed by atoms with Crippen LogP contribution in [0.15, 0.2) is 52.9 Å². The van der Waals surface area contributed by atoms with E-state index in [-0.39, 0.29) is 11.9 Å². The Kier molecular flexibility index (Phi) is 6.09. The highest BCUT2D eigenvalue weighted by atomic mass is 16.5. The summed E-state index contributed by atoms with van der Waals surface area (Å²) in [6.45, 7) is 4.03. The molecule has 1 heterocycles. The van der Waals surface area contributed by atoms with E-state index in [0.29, 0.717) is 24.6 Å². The van der Waals surface area contributed by atoms with Crippen molar-refractivity contribution in [2.24, 2.45) is 0 Å². The van der Waals surface area contributed by atoms with E-state index in [2.05, 4.69) is 10.2 Å². The van der Waals surface area contributed by atoms with Gasteiger partial charge in [-0.2, -0.15) is 0 Å². The summed E-state index contributed by atoms with van der Waals surface area (Å²) in [5, 5.41) is 8.15. The molecule has 0 aliphatic carbocycles. The second kappa shape index (κ2) is 8.69. The van der Waals surface area contributed by atoms with Gasteiger partial charge < -0.3 is 14.1 Å². The Labute approximate surface area is 165 Å². The summed E-state index contributed by atoms with van der Waals surface area (Å²) >= 11 is 0. The first-order valence-electron chi connectivity index (χ1n) is 9.27. The number of methoxy groups -OCH3 is 1. The molecule has 1 amide bonds. The molecule has 146 valence electrons. The Balaban J connectivity index is 1.57. The van der Waals surface area contributed by atoms with Crippen LogP contribution in [-0.2, 0) is 11.2 Å². The molecule has 0 aliphatic rings. The zero-order valence-electron chi connectivity index (χ0n) is 16.7.